The minimum absolute atomic E-state index is 0.0152. The molecule has 6 heteroatoms. The smallest absolute Gasteiger partial charge is 0.262 e. The average molecular weight is 367 g/mol. The number of hydrogen-bond donors (Lipinski definition) is 1. The zero-order valence-electron chi connectivity index (χ0n) is 13.1. The molecule has 0 aromatic heterocycles. The quantitative estimate of drug-likeness (QED) is 0.619. The number of carbonyl (C=O) groups excluding carboxylic acids is 1. The molecular weight excluding hydrogens is 348 g/mol. The first-order chi connectivity index (χ1) is 10.5. The standard InChI is InChI=1S/C16H19BrN2O3/c1-5-10(2)19-16(20)12(9-18)6-11-7-13(17)15(22-4)14(8-11)21-3/h6-8,10H,5H2,1-4H3,(H,19,20)/b12-6+/t10-/m0/s1. The molecule has 118 valence electrons. The summed E-state index contributed by atoms with van der Waals surface area (Å²) in [4.78, 5) is 12.0. The zero-order chi connectivity index (χ0) is 16.7. The Morgan fingerprint density at radius 1 is 1.45 bits per heavy atom. The molecule has 0 saturated heterocycles. The molecule has 0 heterocycles. The Morgan fingerprint density at radius 2 is 2.14 bits per heavy atom. The van der Waals surface area contributed by atoms with Gasteiger partial charge in [0.15, 0.2) is 11.5 Å². The number of ether oxygens (including phenoxy) is 2. The lowest BCUT2D eigenvalue weighted by Crippen LogP contribution is -2.32. The van der Waals surface area contributed by atoms with E-state index >= 15 is 0 Å². The molecule has 1 atom stereocenters. The van der Waals surface area contributed by atoms with Crippen LogP contribution in [0.15, 0.2) is 22.2 Å². The van der Waals surface area contributed by atoms with Crippen molar-refractivity contribution in [2.75, 3.05) is 14.2 Å². The first-order valence-corrected chi connectivity index (χ1v) is 7.60. The van der Waals surface area contributed by atoms with Gasteiger partial charge in [-0.2, -0.15) is 5.26 Å². The number of halogens is 1. The van der Waals surface area contributed by atoms with E-state index in [-0.39, 0.29) is 17.5 Å². The second kappa shape index (κ2) is 8.44. The van der Waals surface area contributed by atoms with Crippen LogP contribution >= 0.6 is 15.9 Å². The summed E-state index contributed by atoms with van der Waals surface area (Å²) in [6.45, 7) is 3.85. The highest BCUT2D eigenvalue weighted by molar-refractivity contribution is 9.10. The van der Waals surface area contributed by atoms with Crippen molar-refractivity contribution >= 4 is 27.9 Å². The number of carbonyl (C=O) groups is 1. The third kappa shape index (κ3) is 4.50. The van der Waals surface area contributed by atoms with Gasteiger partial charge in [0.25, 0.3) is 5.91 Å². The van der Waals surface area contributed by atoms with Crippen LogP contribution in [-0.4, -0.2) is 26.2 Å². The van der Waals surface area contributed by atoms with E-state index in [1.807, 2.05) is 19.9 Å². The van der Waals surface area contributed by atoms with Crippen LogP contribution in [0.5, 0.6) is 11.5 Å². The van der Waals surface area contributed by atoms with Crippen LogP contribution in [0.3, 0.4) is 0 Å². The second-order valence-electron chi connectivity index (χ2n) is 4.69. The van der Waals surface area contributed by atoms with Gasteiger partial charge in [-0.1, -0.05) is 6.92 Å². The van der Waals surface area contributed by atoms with Gasteiger partial charge in [0.2, 0.25) is 0 Å². The number of nitrogens with one attached hydrogen (secondary N) is 1. The molecule has 1 aromatic rings. The Morgan fingerprint density at radius 3 is 2.64 bits per heavy atom. The van der Waals surface area contributed by atoms with E-state index in [4.69, 9.17) is 9.47 Å². The third-order valence-electron chi connectivity index (χ3n) is 3.12. The van der Waals surface area contributed by atoms with Crippen molar-refractivity contribution in [3.05, 3.63) is 27.7 Å². The SMILES string of the molecule is CC[C@H](C)NC(=O)/C(C#N)=C/c1cc(Br)c(OC)c(OC)c1. The topological polar surface area (TPSA) is 71.4 Å². The van der Waals surface area contributed by atoms with Gasteiger partial charge in [-0.3, -0.25) is 4.79 Å². The molecule has 0 saturated carbocycles. The zero-order valence-corrected chi connectivity index (χ0v) is 14.7. The van der Waals surface area contributed by atoms with Crippen LogP contribution < -0.4 is 14.8 Å². The van der Waals surface area contributed by atoms with Crippen LogP contribution in [-0.2, 0) is 4.79 Å². The van der Waals surface area contributed by atoms with E-state index in [0.29, 0.717) is 21.5 Å². The maximum absolute atomic E-state index is 12.0. The highest BCUT2D eigenvalue weighted by Gasteiger charge is 2.14. The maximum Gasteiger partial charge on any atom is 0.262 e. The molecule has 0 bridgehead atoms. The van der Waals surface area contributed by atoms with Crippen molar-refractivity contribution in [2.45, 2.75) is 26.3 Å². The molecule has 1 rings (SSSR count). The van der Waals surface area contributed by atoms with Gasteiger partial charge >= 0.3 is 0 Å². The van der Waals surface area contributed by atoms with Gasteiger partial charge in [-0.05, 0) is 53.0 Å². The van der Waals surface area contributed by atoms with Gasteiger partial charge in [0.1, 0.15) is 11.6 Å². The Kier molecular flexibility index (Phi) is 6.93. The molecule has 0 unspecified atom stereocenters. The van der Waals surface area contributed by atoms with E-state index in [2.05, 4.69) is 21.2 Å². The molecule has 0 aliphatic carbocycles. The summed E-state index contributed by atoms with van der Waals surface area (Å²) in [5.74, 6) is 0.688. The molecule has 5 nitrogen and oxygen atoms in total. The van der Waals surface area contributed by atoms with E-state index in [9.17, 15) is 10.1 Å². The van der Waals surface area contributed by atoms with E-state index in [0.717, 1.165) is 6.42 Å². The van der Waals surface area contributed by atoms with Gasteiger partial charge in [0.05, 0.1) is 18.7 Å². The average Bonchev–Trinajstić information content (AvgIpc) is 2.51. The lowest BCUT2D eigenvalue weighted by atomic mass is 10.1. The van der Waals surface area contributed by atoms with Crippen molar-refractivity contribution in [3.8, 4) is 17.6 Å². The molecule has 0 fully saturated rings. The summed E-state index contributed by atoms with van der Waals surface area (Å²) in [6, 6.07) is 5.41. The van der Waals surface area contributed by atoms with Crippen LogP contribution in [0.1, 0.15) is 25.8 Å². The number of amides is 1. The van der Waals surface area contributed by atoms with Crippen molar-refractivity contribution < 1.29 is 14.3 Å². The Hall–Kier alpha value is -2.00. The number of hydrogen-bond acceptors (Lipinski definition) is 4. The Labute approximate surface area is 139 Å². The minimum atomic E-state index is -0.386. The minimum Gasteiger partial charge on any atom is -0.493 e. The van der Waals surface area contributed by atoms with Gasteiger partial charge in [0, 0.05) is 6.04 Å². The predicted octanol–water partition coefficient (Wildman–Crippen LogP) is 3.29. The lowest BCUT2D eigenvalue weighted by Gasteiger charge is -2.12. The van der Waals surface area contributed by atoms with E-state index in [1.54, 1.807) is 19.2 Å². The van der Waals surface area contributed by atoms with Gasteiger partial charge in [-0.25, -0.2) is 0 Å². The molecule has 1 amide bonds. The normalized spacial score (nSPS) is 12.3. The monoisotopic (exact) mass is 366 g/mol. The fourth-order valence-corrected chi connectivity index (χ4v) is 2.36. The van der Waals surface area contributed by atoms with E-state index < -0.39 is 0 Å². The van der Waals surface area contributed by atoms with Crippen molar-refractivity contribution in [1.82, 2.24) is 5.32 Å². The molecule has 1 aromatic carbocycles. The molecule has 0 aliphatic rings. The predicted molar refractivity (Wildman–Crippen MR) is 88.7 cm³/mol. The summed E-state index contributed by atoms with van der Waals surface area (Å²) >= 11 is 3.38. The highest BCUT2D eigenvalue weighted by Crippen LogP contribution is 2.36. The number of benzene rings is 1. The van der Waals surface area contributed by atoms with Crippen LogP contribution in [0.4, 0.5) is 0 Å². The summed E-state index contributed by atoms with van der Waals surface area (Å²) in [6.07, 6.45) is 2.32. The Bertz CT molecular complexity index is 621. The fraction of sp³-hybridized carbons (Fsp3) is 0.375. The summed E-state index contributed by atoms with van der Waals surface area (Å²) in [5.41, 5.74) is 0.708. The van der Waals surface area contributed by atoms with Crippen LogP contribution in [0.2, 0.25) is 0 Å². The number of methoxy groups -OCH3 is 2. The largest absolute Gasteiger partial charge is 0.493 e. The molecule has 0 aliphatic heterocycles. The van der Waals surface area contributed by atoms with Crippen LogP contribution in [0.25, 0.3) is 6.08 Å². The van der Waals surface area contributed by atoms with Crippen molar-refractivity contribution in [2.24, 2.45) is 0 Å². The van der Waals surface area contributed by atoms with Crippen LogP contribution in [0, 0.1) is 11.3 Å². The highest BCUT2D eigenvalue weighted by atomic mass is 79.9. The molecular formula is C16H19BrN2O3. The van der Waals surface area contributed by atoms with Gasteiger partial charge in [-0.15, -0.1) is 0 Å². The number of nitrogens with zero attached hydrogens (tertiary/aromatic N) is 1. The fourth-order valence-electron chi connectivity index (χ4n) is 1.74. The summed E-state index contributed by atoms with van der Waals surface area (Å²) < 4.78 is 11.2. The Balaban J connectivity index is 3.16. The third-order valence-corrected chi connectivity index (χ3v) is 3.71. The first-order valence-electron chi connectivity index (χ1n) is 6.80. The second-order valence-corrected chi connectivity index (χ2v) is 5.55. The van der Waals surface area contributed by atoms with Gasteiger partial charge < -0.3 is 14.8 Å². The summed E-state index contributed by atoms with van der Waals surface area (Å²) in [7, 11) is 3.07. The maximum atomic E-state index is 12.0. The molecule has 1 N–H and O–H groups in total. The number of nitriles is 1. The first kappa shape index (κ1) is 18.1. The number of rotatable bonds is 6. The van der Waals surface area contributed by atoms with Crippen molar-refractivity contribution in [3.63, 3.8) is 0 Å². The summed E-state index contributed by atoms with van der Waals surface area (Å²) in [5, 5.41) is 12.0. The molecule has 0 radical (unpaired) electrons. The van der Waals surface area contributed by atoms with E-state index in [1.165, 1.54) is 13.2 Å². The molecule has 0 spiro atoms. The molecule has 22 heavy (non-hydrogen) atoms. The lowest BCUT2D eigenvalue weighted by molar-refractivity contribution is -0.117. The van der Waals surface area contributed by atoms with Crippen molar-refractivity contribution in [1.29, 1.82) is 5.26 Å².